The fourth-order valence-electron chi connectivity index (χ4n) is 2.00. The van der Waals surface area contributed by atoms with Crippen LogP contribution >= 0.6 is 0 Å². The highest BCUT2D eigenvalue weighted by Gasteiger charge is 2.27. The molecule has 0 aliphatic carbocycles. The molecule has 0 aromatic rings. The molecule has 0 bridgehead atoms. The van der Waals surface area contributed by atoms with Crippen LogP contribution in [0.15, 0.2) is 0 Å². The second-order valence-electron chi connectivity index (χ2n) is 4.71. The summed E-state index contributed by atoms with van der Waals surface area (Å²) in [7, 11) is 0. The third-order valence-corrected chi connectivity index (χ3v) is 2.88. The zero-order valence-corrected chi connectivity index (χ0v) is 9.94. The smallest absolute Gasteiger partial charge is 0.356 e. The van der Waals surface area contributed by atoms with Crippen LogP contribution in [0.1, 0.15) is 26.2 Å². The maximum atomic E-state index is 11.9. The van der Waals surface area contributed by atoms with Gasteiger partial charge in [-0.05, 0) is 25.3 Å². The summed E-state index contributed by atoms with van der Waals surface area (Å²) >= 11 is 0. The molecule has 100 valence electrons. The van der Waals surface area contributed by atoms with Gasteiger partial charge >= 0.3 is 6.18 Å². The fraction of sp³-hybridized carbons (Fsp3) is 0.909. The Labute approximate surface area is 99.1 Å². The van der Waals surface area contributed by atoms with Gasteiger partial charge in [0.1, 0.15) is 0 Å². The van der Waals surface area contributed by atoms with Crippen LogP contribution in [0, 0.1) is 11.8 Å². The maximum Gasteiger partial charge on any atom is 0.389 e. The van der Waals surface area contributed by atoms with Gasteiger partial charge in [0, 0.05) is 19.5 Å². The Morgan fingerprint density at radius 1 is 1.41 bits per heavy atom. The Balaban J connectivity index is 2.16. The molecular formula is C11H19F3N2O. The Kier molecular flexibility index (Phi) is 5.24. The molecule has 1 rings (SSSR count). The first-order chi connectivity index (χ1) is 7.88. The van der Waals surface area contributed by atoms with Crippen LogP contribution in [0.25, 0.3) is 0 Å². The van der Waals surface area contributed by atoms with Crippen LogP contribution in [0.4, 0.5) is 13.2 Å². The summed E-state index contributed by atoms with van der Waals surface area (Å²) in [5, 5.41) is 5.71. The number of hydrogen-bond acceptors (Lipinski definition) is 2. The van der Waals surface area contributed by atoms with Crippen LogP contribution in [-0.4, -0.2) is 31.7 Å². The Hall–Kier alpha value is -0.780. The lowest BCUT2D eigenvalue weighted by molar-refractivity contribution is -0.136. The van der Waals surface area contributed by atoms with Crippen molar-refractivity contribution in [1.82, 2.24) is 10.6 Å². The molecule has 1 saturated heterocycles. The number of piperidine rings is 1. The van der Waals surface area contributed by atoms with Gasteiger partial charge in [0.2, 0.25) is 5.91 Å². The standard InChI is InChI=1S/C11H19F3N2O/c1-8-5-9(7-15-6-8)10(17)16-4-2-3-11(12,13)14/h8-9,15H,2-7H2,1H3,(H,16,17). The van der Waals surface area contributed by atoms with E-state index in [-0.39, 0.29) is 24.8 Å². The Morgan fingerprint density at radius 2 is 2.12 bits per heavy atom. The van der Waals surface area contributed by atoms with Gasteiger partial charge in [-0.3, -0.25) is 4.79 Å². The van der Waals surface area contributed by atoms with E-state index < -0.39 is 12.6 Å². The second-order valence-corrected chi connectivity index (χ2v) is 4.71. The summed E-state index contributed by atoms with van der Waals surface area (Å²) in [6.07, 6.45) is -4.22. The molecule has 2 N–H and O–H groups in total. The summed E-state index contributed by atoms with van der Waals surface area (Å²) in [5.41, 5.74) is 0. The zero-order valence-electron chi connectivity index (χ0n) is 9.94. The zero-order chi connectivity index (χ0) is 12.9. The highest BCUT2D eigenvalue weighted by molar-refractivity contribution is 5.78. The van der Waals surface area contributed by atoms with Crippen LogP contribution in [0.5, 0.6) is 0 Å². The van der Waals surface area contributed by atoms with Crippen molar-refractivity contribution in [2.75, 3.05) is 19.6 Å². The van der Waals surface area contributed by atoms with Crippen molar-refractivity contribution in [1.29, 1.82) is 0 Å². The van der Waals surface area contributed by atoms with Crippen molar-refractivity contribution in [3.8, 4) is 0 Å². The molecule has 6 heteroatoms. The van der Waals surface area contributed by atoms with E-state index >= 15 is 0 Å². The number of halogens is 3. The van der Waals surface area contributed by atoms with Gasteiger partial charge in [-0.25, -0.2) is 0 Å². The van der Waals surface area contributed by atoms with E-state index in [0.717, 1.165) is 13.0 Å². The van der Waals surface area contributed by atoms with E-state index in [1.165, 1.54) is 0 Å². The van der Waals surface area contributed by atoms with Crippen molar-refractivity contribution in [2.45, 2.75) is 32.4 Å². The minimum Gasteiger partial charge on any atom is -0.356 e. The number of rotatable bonds is 4. The van der Waals surface area contributed by atoms with Crippen molar-refractivity contribution in [3.63, 3.8) is 0 Å². The summed E-state index contributed by atoms with van der Waals surface area (Å²) < 4.78 is 35.6. The molecule has 3 nitrogen and oxygen atoms in total. The van der Waals surface area contributed by atoms with E-state index in [0.29, 0.717) is 12.5 Å². The number of hydrogen-bond donors (Lipinski definition) is 2. The van der Waals surface area contributed by atoms with Crippen LogP contribution in [0.3, 0.4) is 0 Å². The highest BCUT2D eigenvalue weighted by atomic mass is 19.4. The number of amides is 1. The molecule has 1 heterocycles. The van der Waals surface area contributed by atoms with Gasteiger partial charge in [-0.15, -0.1) is 0 Å². The van der Waals surface area contributed by atoms with Crippen molar-refractivity contribution in [2.24, 2.45) is 11.8 Å². The highest BCUT2D eigenvalue weighted by Crippen LogP contribution is 2.21. The average Bonchev–Trinajstić information content (AvgIpc) is 2.23. The number of alkyl halides is 3. The SMILES string of the molecule is CC1CNCC(C(=O)NCCCC(F)(F)F)C1. The first kappa shape index (κ1) is 14.3. The molecule has 0 saturated carbocycles. The summed E-state index contributed by atoms with van der Waals surface area (Å²) in [5.74, 6) is 0.200. The van der Waals surface area contributed by atoms with Gasteiger partial charge in [-0.2, -0.15) is 13.2 Å². The quantitative estimate of drug-likeness (QED) is 0.748. The first-order valence-corrected chi connectivity index (χ1v) is 5.93. The molecular weight excluding hydrogens is 233 g/mol. The molecule has 0 radical (unpaired) electrons. The summed E-state index contributed by atoms with van der Waals surface area (Å²) in [4.78, 5) is 11.6. The monoisotopic (exact) mass is 252 g/mol. The topological polar surface area (TPSA) is 41.1 Å². The van der Waals surface area contributed by atoms with E-state index in [1.54, 1.807) is 0 Å². The molecule has 0 aromatic heterocycles. The number of carbonyl (C=O) groups excluding carboxylic acids is 1. The van der Waals surface area contributed by atoms with Gasteiger partial charge in [0.25, 0.3) is 0 Å². The van der Waals surface area contributed by atoms with Gasteiger partial charge < -0.3 is 10.6 Å². The third kappa shape index (κ3) is 5.91. The lowest BCUT2D eigenvalue weighted by atomic mass is 9.91. The second kappa shape index (κ2) is 6.23. The Bertz CT molecular complexity index is 256. The molecule has 17 heavy (non-hydrogen) atoms. The molecule has 0 spiro atoms. The van der Waals surface area contributed by atoms with Gasteiger partial charge in [0.15, 0.2) is 0 Å². The molecule has 1 fully saturated rings. The number of carbonyl (C=O) groups is 1. The van der Waals surface area contributed by atoms with Crippen molar-refractivity contribution in [3.05, 3.63) is 0 Å². The minimum absolute atomic E-state index is 0.0507. The molecule has 2 unspecified atom stereocenters. The lowest BCUT2D eigenvalue weighted by Crippen LogP contribution is -2.43. The van der Waals surface area contributed by atoms with E-state index in [9.17, 15) is 18.0 Å². The van der Waals surface area contributed by atoms with Gasteiger partial charge in [0.05, 0.1) is 5.92 Å². The van der Waals surface area contributed by atoms with Gasteiger partial charge in [-0.1, -0.05) is 6.92 Å². The maximum absolute atomic E-state index is 11.9. The van der Waals surface area contributed by atoms with Crippen LogP contribution in [-0.2, 0) is 4.79 Å². The third-order valence-electron chi connectivity index (χ3n) is 2.88. The molecule has 1 aliphatic rings. The minimum atomic E-state index is -4.13. The van der Waals surface area contributed by atoms with E-state index in [4.69, 9.17) is 0 Å². The molecule has 2 atom stereocenters. The van der Waals surface area contributed by atoms with E-state index in [2.05, 4.69) is 17.6 Å². The lowest BCUT2D eigenvalue weighted by Gasteiger charge is -2.26. The molecule has 1 aliphatic heterocycles. The molecule has 1 amide bonds. The van der Waals surface area contributed by atoms with E-state index in [1.807, 2.05) is 0 Å². The first-order valence-electron chi connectivity index (χ1n) is 5.93. The molecule has 0 aromatic carbocycles. The predicted octanol–water partition coefficient (Wildman–Crippen LogP) is 1.69. The van der Waals surface area contributed by atoms with Crippen molar-refractivity contribution < 1.29 is 18.0 Å². The van der Waals surface area contributed by atoms with Crippen molar-refractivity contribution >= 4 is 5.91 Å². The van der Waals surface area contributed by atoms with Crippen LogP contribution in [0.2, 0.25) is 0 Å². The summed E-state index contributed by atoms with van der Waals surface area (Å²) in [6.45, 7) is 3.67. The largest absolute Gasteiger partial charge is 0.389 e. The fourth-order valence-corrected chi connectivity index (χ4v) is 2.00. The Morgan fingerprint density at radius 3 is 2.71 bits per heavy atom. The normalized spacial score (nSPS) is 25.6. The summed E-state index contributed by atoms with van der Waals surface area (Å²) in [6, 6.07) is 0. The van der Waals surface area contributed by atoms with Crippen LogP contribution < -0.4 is 10.6 Å². The average molecular weight is 252 g/mol. The predicted molar refractivity (Wildman–Crippen MR) is 58.4 cm³/mol. The number of nitrogens with one attached hydrogen (secondary N) is 2.